The predicted octanol–water partition coefficient (Wildman–Crippen LogP) is 4.83. The van der Waals surface area contributed by atoms with Gasteiger partial charge in [0.15, 0.2) is 11.5 Å². The van der Waals surface area contributed by atoms with Gasteiger partial charge in [-0.05, 0) is 42.8 Å². The highest BCUT2D eigenvalue weighted by Crippen LogP contribution is 2.36. The van der Waals surface area contributed by atoms with Gasteiger partial charge in [-0.1, -0.05) is 29.3 Å². The zero-order valence-electron chi connectivity index (χ0n) is 15.0. The molecule has 0 aromatic heterocycles. The number of halogens is 1. The van der Waals surface area contributed by atoms with Crippen molar-refractivity contribution in [1.82, 2.24) is 5.32 Å². The van der Waals surface area contributed by atoms with Gasteiger partial charge in [-0.2, -0.15) is 0 Å². The molecule has 0 unspecified atom stereocenters. The Bertz CT molecular complexity index is 735. The first-order valence-corrected chi connectivity index (χ1v) is 9.28. The van der Waals surface area contributed by atoms with E-state index in [4.69, 9.17) is 9.47 Å². The second-order valence-corrected chi connectivity index (χ2v) is 6.65. The van der Waals surface area contributed by atoms with Crippen LogP contribution in [0.4, 0.5) is 5.69 Å². The first kappa shape index (κ1) is 20.2. The average Bonchev–Trinajstić information content (AvgIpc) is 2.65. The number of nitrogens with one attached hydrogen (secondary N) is 1. The van der Waals surface area contributed by atoms with Crippen LogP contribution >= 0.6 is 15.9 Å². The van der Waals surface area contributed by atoms with Gasteiger partial charge in [-0.3, -0.25) is 10.1 Å². The molecule has 0 radical (unpaired) electrons. The molecule has 0 heterocycles. The Morgan fingerprint density at radius 2 is 1.92 bits per heavy atom. The molecule has 0 bridgehead atoms. The number of hydrogen-bond acceptors (Lipinski definition) is 5. The van der Waals surface area contributed by atoms with Crippen LogP contribution < -0.4 is 14.8 Å². The number of nitro benzene ring substituents is 1. The molecule has 6 nitrogen and oxygen atoms in total. The second kappa shape index (κ2) is 10.1. The van der Waals surface area contributed by atoms with Crippen molar-refractivity contribution in [3.05, 3.63) is 62.1 Å². The van der Waals surface area contributed by atoms with E-state index in [0.29, 0.717) is 24.7 Å². The molecule has 0 fully saturated rings. The van der Waals surface area contributed by atoms with Gasteiger partial charge in [0.1, 0.15) is 6.61 Å². The van der Waals surface area contributed by atoms with Crippen molar-refractivity contribution in [3.8, 4) is 11.5 Å². The molecule has 2 rings (SSSR count). The van der Waals surface area contributed by atoms with E-state index in [1.54, 1.807) is 19.2 Å². The van der Waals surface area contributed by atoms with E-state index >= 15 is 0 Å². The van der Waals surface area contributed by atoms with Crippen LogP contribution in [-0.4, -0.2) is 18.6 Å². The Morgan fingerprint density at radius 1 is 1.19 bits per heavy atom. The summed E-state index contributed by atoms with van der Waals surface area (Å²) in [4.78, 5) is 10.3. The standard InChI is InChI=1S/C19H23BrN2O4/c1-3-4-11-21-12-16-17(20)9-10-18(25-2)19(16)26-13-14-5-7-15(8-6-14)22(23)24/h5-10,21H,3-4,11-13H2,1-2H3. The average molecular weight is 423 g/mol. The van der Waals surface area contributed by atoms with Gasteiger partial charge in [0.05, 0.1) is 12.0 Å². The van der Waals surface area contributed by atoms with Crippen molar-refractivity contribution in [2.24, 2.45) is 0 Å². The van der Waals surface area contributed by atoms with Crippen molar-refractivity contribution < 1.29 is 14.4 Å². The summed E-state index contributed by atoms with van der Waals surface area (Å²) >= 11 is 3.58. The molecule has 2 aromatic carbocycles. The van der Waals surface area contributed by atoms with Crippen molar-refractivity contribution in [3.63, 3.8) is 0 Å². The summed E-state index contributed by atoms with van der Waals surface area (Å²) in [6, 6.07) is 10.1. The second-order valence-electron chi connectivity index (χ2n) is 5.80. The molecule has 7 heteroatoms. The summed E-state index contributed by atoms with van der Waals surface area (Å²) in [5.41, 5.74) is 1.90. The van der Waals surface area contributed by atoms with E-state index in [1.807, 2.05) is 12.1 Å². The third-order valence-corrected chi connectivity index (χ3v) is 4.67. The highest BCUT2D eigenvalue weighted by Gasteiger charge is 2.15. The maximum Gasteiger partial charge on any atom is 0.269 e. The maximum absolute atomic E-state index is 10.7. The van der Waals surface area contributed by atoms with Crippen molar-refractivity contribution in [2.75, 3.05) is 13.7 Å². The summed E-state index contributed by atoms with van der Waals surface area (Å²) in [6.07, 6.45) is 2.25. The normalized spacial score (nSPS) is 10.6. The van der Waals surface area contributed by atoms with E-state index < -0.39 is 4.92 Å². The summed E-state index contributed by atoms with van der Waals surface area (Å²) in [5, 5.41) is 14.2. The lowest BCUT2D eigenvalue weighted by atomic mass is 10.1. The summed E-state index contributed by atoms with van der Waals surface area (Å²) < 4.78 is 12.4. The maximum atomic E-state index is 10.7. The van der Waals surface area contributed by atoms with E-state index in [1.165, 1.54) is 12.1 Å². The van der Waals surface area contributed by atoms with E-state index in [9.17, 15) is 10.1 Å². The predicted molar refractivity (Wildman–Crippen MR) is 105 cm³/mol. The summed E-state index contributed by atoms with van der Waals surface area (Å²) in [6.45, 7) is 4.05. The van der Waals surface area contributed by atoms with Crippen LogP contribution in [0.3, 0.4) is 0 Å². The highest BCUT2D eigenvalue weighted by atomic mass is 79.9. The van der Waals surface area contributed by atoms with Gasteiger partial charge in [0, 0.05) is 28.7 Å². The number of nitrogens with zero attached hydrogens (tertiary/aromatic N) is 1. The molecule has 2 aromatic rings. The van der Waals surface area contributed by atoms with Gasteiger partial charge >= 0.3 is 0 Å². The molecule has 0 saturated carbocycles. The van der Waals surface area contributed by atoms with Crippen LogP contribution in [0.1, 0.15) is 30.9 Å². The fourth-order valence-corrected chi connectivity index (χ4v) is 2.90. The van der Waals surface area contributed by atoms with Gasteiger partial charge in [0.25, 0.3) is 5.69 Å². The van der Waals surface area contributed by atoms with Crippen LogP contribution in [0.5, 0.6) is 11.5 Å². The topological polar surface area (TPSA) is 73.6 Å². The van der Waals surface area contributed by atoms with Crippen LogP contribution in [0.2, 0.25) is 0 Å². The van der Waals surface area contributed by atoms with E-state index in [-0.39, 0.29) is 5.69 Å². The Balaban J connectivity index is 2.15. The van der Waals surface area contributed by atoms with Crippen molar-refractivity contribution in [2.45, 2.75) is 32.9 Å². The smallest absolute Gasteiger partial charge is 0.269 e. The zero-order chi connectivity index (χ0) is 18.9. The van der Waals surface area contributed by atoms with Gasteiger partial charge in [-0.25, -0.2) is 0 Å². The molecule has 0 aliphatic heterocycles. The molecule has 26 heavy (non-hydrogen) atoms. The van der Waals surface area contributed by atoms with Gasteiger partial charge in [-0.15, -0.1) is 0 Å². The lowest BCUT2D eigenvalue weighted by molar-refractivity contribution is -0.384. The Morgan fingerprint density at radius 3 is 2.54 bits per heavy atom. The summed E-state index contributed by atoms with van der Waals surface area (Å²) in [5.74, 6) is 1.33. The van der Waals surface area contributed by atoms with Gasteiger partial charge < -0.3 is 14.8 Å². The van der Waals surface area contributed by atoms with Crippen LogP contribution in [0.15, 0.2) is 40.9 Å². The largest absolute Gasteiger partial charge is 0.493 e. The number of rotatable bonds is 10. The third-order valence-electron chi connectivity index (χ3n) is 3.93. The Labute approximate surface area is 161 Å². The molecular formula is C19H23BrN2O4. The molecule has 0 saturated heterocycles. The van der Waals surface area contributed by atoms with Crippen molar-refractivity contribution >= 4 is 21.6 Å². The van der Waals surface area contributed by atoms with Crippen LogP contribution in [0.25, 0.3) is 0 Å². The molecule has 0 aliphatic rings. The van der Waals surface area contributed by atoms with Crippen LogP contribution in [-0.2, 0) is 13.2 Å². The molecule has 0 aliphatic carbocycles. The lowest BCUT2D eigenvalue weighted by Gasteiger charge is -2.17. The number of unbranched alkanes of at least 4 members (excludes halogenated alkanes) is 1. The Kier molecular flexibility index (Phi) is 7.87. The first-order chi connectivity index (χ1) is 12.6. The Hall–Kier alpha value is -2.12. The minimum Gasteiger partial charge on any atom is -0.493 e. The van der Waals surface area contributed by atoms with Crippen LogP contribution in [0, 0.1) is 10.1 Å². The third kappa shape index (κ3) is 5.44. The molecule has 0 atom stereocenters. The number of benzene rings is 2. The van der Waals surface area contributed by atoms with E-state index in [0.717, 1.165) is 35.0 Å². The number of methoxy groups -OCH3 is 1. The number of non-ortho nitro benzene ring substituents is 1. The number of ether oxygens (including phenoxy) is 2. The molecule has 0 spiro atoms. The molecule has 0 amide bonds. The highest BCUT2D eigenvalue weighted by molar-refractivity contribution is 9.10. The molecular weight excluding hydrogens is 400 g/mol. The monoisotopic (exact) mass is 422 g/mol. The number of hydrogen-bond donors (Lipinski definition) is 1. The lowest BCUT2D eigenvalue weighted by Crippen LogP contribution is -2.16. The summed E-state index contributed by atoms with van der Waals surface area (Å²) in [7, 11) is 1.61. The molecule has 140 valence electrons. The minimum absolute atomic E-state index is 0.0644. The van der Waals surface area contributed by atoms with Gasteiger partial charge in [0.2, 0.25) is 0 Å². The fraction of sp³-hybridized carbons (Fsp3) is 0.368. The zero-order valence-corrected chi connectivity index (χ0v) is 16.5. The molecule has 1 N–H and O–H groups in total. The number of nitro groups is 1. The SMILES string of the molecule is CCCCNCc1c(Br)ccc(OC)c1OCc1ccc([N+](=O)[O-])cc1. The fourth-order valence-electron chi connectivity index (χ4n) is 2.45. The van der Waals surface area contributed by atoms with E-state index in [2.05, 4.69) is 28.2 Å². The van der Waals surface area contributed by atoms with Crippen molar-refractivity contribution in [1.29, 1.82) is 0 Å². The quantitative estimate of drug-likeness (QED) is 0.337. The minimum atomic E-state index is -0.415. The first-order valence-electron chi connectivity index (χ1n) is 8.49.